The van der Waals surface area contributed by atoms with Gasteiger partial charge in [-0.25, -0.2) is 4.79 Å². The largest absolute Gasteiger partial charge is 0.466 e. The number of nitrogens with one attached hydrogen (secondary N) is 1. The molecule has 0 saturated carbocycles. The van der Waals surface area contributed by atoms with Crippen LogP contribution in [0.5, 0.6) is 0 Å². The third-order valence-corrected chi connectivity index (χ3v) is 6.35. The van der Waals surface area contributed by atoms with E-state index in [0.29, 0.717) is 19.4 Å². The Morgan fingerprint density at radius 1 is 1.03 bits per heavy atom. The van der Waals surface area contributed by atoms with Crippen molar-refractivity contribution >= 4 is 17.8 Å². The molecule has 0 bridgehead atoms. The molecule has 2 aromatic rings. The Morgan fingerprint density at radius 3 is 2.31 bits per heavy atom. The monoisotopic (exact) mass is 494 g/mol. The fourth-order valence-electron chi connectivity index (χ4n) is 4.51. The number of fused-ring (bicyclic) bond motifs is 1. The topological polar surface area (TPSA) is 84.9 Å². The molecular formula is C29H38N2O5. The van der Waals surface area contributed by atoms with Gasteiger partial charge in [0.2, 0.25) is 5.54 Å². The van der Waals surface area contributed by atoms with Gasteiger partial charge in [-0.1, -0.05) is 54.6 Å². The zero-order valence-corrected chi connectivity index (χ0v) is 22.0. The van der Waals surface area contributed by atoms with Gasteiger partial charge in [0.05, 0.1) is 12.5 Å². The third kappa shape index (κ3) is 6.72. The fraction of sp³-hybridized carbons (Fsp3) is 0.483. The van der Waals surface area contributed by atoms with Gasteiger partial charge in [0.15, 0.2) is 0 Å². The van der Waals surface area contributed by atoms with E-state index in [4.69, 9.17) is 9.47 Å². The quantitative estimate of drug-likeness (QED) is 0.423. The first-order valence-electron chi connectivity index (χ1n) is 12.6. The van der Waals surface area contributed by atoms with E-state index in [-0.39, 0.29) is 25.5 Å². The molecule has 2 atom stereocenters. The lowest BCUT2D eigenvalue weighted by Crippen LogP contribution is -2.66. The second-order valence-electron chi connectivity index (χ2n) is 10.4. The summed E-state index contributed by atoms with van der Waals surface area (Å²) >= 11 is 0. The summed E-state index contributed by atoms with van der Waals surface area (Å²) in [5.41, 5.74) is 0.741. The molecule has 1 amide bonds. The molecule has 0 saturated heterocycles. The van der Waals surface area contributed by atoms with Gasteiger partial charge in [-0.3, -0.25) is 14.9 Å². The number of carbonyl (C=O) groups is 3. The maximum Gasteiger partial charge on any atom is 0.337 e. The van der Waals surface area contributed by atoms with E-state index < -0.39 is 28.9 Å². The van der Waals surface area contributed by atoms with Gasteiger partial charge < -0.3 is 14.4 Å². The molecule has 1 N–H and O–H groups in total. The Balaban J connectivity index is 1.84. The van der Waals surface area contributed by atoms with Crippen molar-refractivity contribution in [1.82, 2.24) is 10.2 Å². The summed E-state index contributed by atoms with van der Waals surface area (Å²) in [6.07, 6.45) is 1.38. The standard InChI is InChI=1S/C29H38N2O5/c1-6-35-25(32)24(17-16-21-12-8-7-9-13-21)20-31(5)26(33)29(27(34)36-28(2,3)4)18-22-14-10-11-15-23(22)19-30-29/h7-15,24,30H,6,16-20H2,1-5H3/t24?,29-/m0/s1. The summed E-state index contributed by atoms with van der Waals surface area (Å²) in [6, 6.07) is 17.6. The Morgan fingerprint density at radius 2 is 1.67 bits per heavy atom. The van der Waals surface area contributed by atoms with E-state index >= 15 is 0 Å². The van der Waals surface area contributed by atoms with Crippen molar-refractivity contribution in [2.75, 3.05) is 20.2 Å². The number of carbonyl (C=O) groups excluding carboxylic acids is 3. The van der Waals surface area contributed by atoms with Gasteiger partial charge in [0.1, 0.15) is 5.60 Å². The van der Waals surface area contributed by atoms with Gasteiger partial charge in [-0.15, -0.1) is 0 Å². The van der Waals surface area contributed by atoms with Crippen molar-refractivity contribution in [2.45, 2.75) is 64.6 Å². The second kappa shape index (κ2) is 11.7. The molecule has 194 valence electrons. The molecule has 7 heteroatoms. The molecule has 36 heavy (non-hydrogen) atoms. The highest BCUT2D eigenvalue weighted by Crippen LogP contribution is 2.28. The number of esters is 2. The second-order valence-corrected chi connectivity index (χ2v) is 10.4. The van der Waals surface area contributed by atoms with Crippen LogP contribution in [0.15, 0.2) is 54.6 Å². The zero-order valence-electron chi connectivity index (χ0n) is 22.0. The molecule has 0 radical (unpaired) electrons. The highest BCUT2D eigenvalue weighted by Gasteiger charge is 2.52. The van der Waals surface area contributed by atoms with Gasteiger partial charge in [-0.2, -0.15) is 0 Å². The van der Waals surface area contributed by atoms with E-state index in [0.717, 1.165) is 16.7 Å². The van der Waals surface area contributed by atoms with Crippen LogP contribution >= 0.6 is 0 Å². The van der Waals surface area contributed by atoms with Crippen LogP contribution in [0.25, 0.3) is 0 Å². The van der Waals surface area contributed by atoms with Crippen LogP contribution in [0.4, 0.5) is 0 Å². The number of benzene rings is 2. The average Bonchev–Trinajstić information content (AvgIpc) is 2.85. The summed E-state index contributed by atoms with van der Waals surface area (Å²) in [4.78, 5) is 41.7. The molecule has 1 unspecified atom stereocenters. The Bertz CT molecular complexity index is 1060. The SMILES string of the molecule is CCOC(=O)C(CCc1ccccc1)CN(C)C(=O)[C@]1(C(=O)OC(C)(C)C)Cc2ccccc2CN1. The normalized spacial score (nSPS) is 18.0. The van der Waals surface area contributed by atoms with Crippen LogP contribution < -0.4 is 5.32 Å². The van der Waals surface area contributed by atoms with Crippen molar-refractivity contribution in [1.29, 1.82) is 0 Å². The maximum atomic E-state index is 14.0. The summed E-state index contributed by atoms with van der Waals surface area (Å²) in [7, 11) is 1.63. The molecule has 2 aromatic carbocycles. The van der Waals surface area contributed by atoms with Gasteiger partial charge in [-0.05, 0) is 57.2 Å². The van der Waals surface area contributed by atoms with E-state index in [9.17, 15) is 14.4 Å². The number of amides is 1. The van der Waals surface area contributed by atoms with Crippen LogP contribution in [0, 0.1) is 5.92 Å². The minimum Gasteiger partial charge on any atom is -0.466 e. The van der Waals surface area contributed by atoms with E-state index in [1.54, 1.807) is 34.7 Å². The van der Waals surface area contributed by atoms with Crippen LogP contribution in [0.3, 0.4) is 0 Å². The molecule has 1 heterocycles. The van der Waals surface area contributed by atoms with Crippen LogP contribution in [0.2, 0.25) is 0 Å². The number of hydrogen-bond donors (Lipinski definition) is 1. The van der Waals surface area contributed by atoms with Gasteiger partial charge in [0, 0.05) is 26.6 Å². The number of aryl methyl sites for hydroxylation is 1. The van der Waals surface area contributed by atoms with Crippen molar-refractivity contribution in [2.24, 2.45) is 5.92 Å². The molecule has 1 aliphatic rings. The molecule has 1 aliphatic heterocycles. The van der Waals surface area contributed by atoms with Crippen molar-refractivity contribution in [3.05, 3.63) is 71.3 Å². The number of rotatable bonds is 9. The fourth-order valence-corrected chi connectivity index (χ4v) is 4.51. The Hall–Kier alpha value is -3.19. The minimum atomic E-state index is -1.57. The smallest absolute Gasteiger partial charge is 0.337 e. The molecule has 0 aliphatic carbocycles. The predicted molar refractivity (Wildman–Crippen MR) is 138 cm³/mol. The average molecular weight is 495 g/mol. The lowest BCUT2D eigenvalue weighted by atomic mass is 9.83. The minimum absolute atomic E-state index is 0.137. The third-order valence-electron chi connectivity index (χ3n) is 6.35. The molecule has 3 rings (SSSR count). The summed E-state index contributed by atoms with van der Waals surface area (Å²) in [5.74, 6) is -1.90. The van der Waals surface area contributed by atoms with Crippen molar-refractivity contribution < 1.29 is 23.9 Å². The molecule has 0 aromatic heterocycles. The van der Waals surface area contributed by atoms with Crippen LogP contribution in [-0.4, -0.2) is 54.1 Å². The zero-order chi connectivity index (χ0) is 26.3. The van der Waals surface area contributed by atoms with Crippen LogP contribution in [0.1, 0.15) is 50.8 Å². The lowest BCUT2D eigenvalue weighted by molar-refractivity contribution is -0.169. The first-order valence-corrected chi connectivity index (χ1v) is 12.6. The number of ether oxygens (including phenoxy) is 2. The maximum absolute atomic E-state index is 14.0. The van der Waals surface area contributed by atoms with Gasteiger partial charge in [0.25, 0.3) is 5.91 Å². The molecule has 0 spiro atoms. The number of likely N-dealkylation sites (N-methyl/N-ethyl adjacent to an activating group) is 1. The first kappa shape index (κ1) is 27.4. The van der Waals surface area contributed by atoms with Crippen LogP contribution in [-0.2, 0) is 43.2 Å². The van der Waals surface area contributed by atoms with Crippen molar-refractivity contribution in [3.8, 4) is 0 Å². The summed E-state index contributed by atoms with van der Waals surface area (Å²) in [5, 5.41) is 3.20. The molecule has 7 nitrogen and oxygen atoms in total. The molecule has 0 fully saturated rings. The lowest BCUT2D eigenvalue weighted by Gasteiger charge is -2.40. The Labute approximate surface area is 214 Å². The van der Waals surface area contributed by atoms with E-state index in [1.807, 2.05) is 54.6 Å². The predicted octanol–water partition coefficient (Wildman–Crippen LogP) is 3.68. The van der Waals surface area contributed by atoms with E-state index in [2.05, 4.69) is 5.32 Å². The highest BCUT2D eigenvalue weighted by molar-refractivity contribution is 6.08. The first-order chi connectivity index (χ1) is 17.1. The number of nitrogens with zero attached hydrogens (tertiary/aromatic N) is 1. The number of hydrogen-bond acceptors (Lipinski definition) is 6. The molecular weight excluding hydrogens is 456 g/mol. The van der Waals surface area contributed by atoms with Crippen molar-refractivity contribution in [3.63, 3.8) is 0 Å². The van der Waals surface area contributed by atoms with E-state index in [1.165, 1.54) is 4.90 Å². The van der Waals surface area contributed by atoms with Gasteiger partial charge >= 0.3 is 11.9 Å². The summed E-state index contributed by atoms with van der Waals surface area (Å²) < 4.78 is 11.0. The summed E-state index contributed by atoms with van der Waals surface area (Å²) in [6.45, 7) is 7.88. The Kier molecular flexibility index (Phi) is 8.90. The highest BCUT2D eigenvalue weighted by atomic mass is 16.6.